The van der Waals surface area contributed by atoms with Crippen LogP contribution in [0.4, 0.5) is 5.69 Å². The van der Waals surface area contributed by atoms with Gasteiger partial charge in [-0.3, -0.25) is 9.48 Å². The van der Waals surface area contributed by atoms with Crippen molar-refractivity contribution in [2.24, 2.45) is 7.05 Å². The SMILES string of the molecule is Cc1ccc(C(C)C)c(OCc2ccc(C(=O)Nc3cnn(C)c3C)o2)c1. The minimum Gasteiger partial charge on any atom is -0.485 e. The third-order valence-corrected chi connectivity index (χ3v) is 4.53. The van der Waals surface area contributed by atoms with Crippen molar-refractivity contribution in [3.05, 3.63) is 64.9 Å². The van der Waals surface area contributed by atoms with Gasteiger partial charge in [-0.1, -0.05) is 26.0 Å². The fourth-order valence-corrected chi connectivity index (χ4v) is 2.78. The van der Waals surface area contributed by atoms with Gasteiger partial charge in [-0.05, 0) is 49.1 Å². The van der Waals surface area contributed by atoms with E-state index in [1.807, 2.05) is 27.0 Å². The summed E-state index contributed by atoms with van der Waals surface area (Å²) in [5.41, 5.74) is 3.83. The Morgan fingerprint density at radius 2 is 2.04 bits per heavy atom. The fraction of sp³-hybridized carbons (Fsp3) is 0.333. The summed E-state index contributed by atoms with van der Waals surface area (Å²) < 4.78 is 13.3. The Morgan fingerprint density at radius 1 is 1.26 bits per heavy atom. The van der Waals surface area contributed by atoms with E-state index in [0.29, 0.717) is 17.4 Å². The van der Waals surface area contributed by atoms with E-state index in [1.165, 1.54) is 0 Å². The molecule has 6 nitrogen and oxygen atoms in total. The van der Waals surface area contributed by atoms with Gasteiger partial charge in [0.05, 0.1) is 17.6 Å². The van der Waals surface area contributed by atoms with Gasteiger partial charge in [0.1, 0.15) is 18.1 Å². The maximum atomic E-state index is 12.4. The number of hydrogen-bond donors (Lipinski definition) is 1. The van der Waals surface area contributed by atoms with Crippen LogP contribution >= 0.6 is 0 Å². The molecule has 0 spiro atoms. The van der Waals surface area contributed by atoms with Crippen LogP contribution in [0.5, 0.6) is 5.75 Å². The van der Waals surface area contributed by atoms with Crippen molar-refractivity contribution >= 4 is 11.6 Å². The zero-order chi connectivity index (χ0) is 19.6. The number of carbonyl (C=O) groups is 1. The highest BCUT2D eigenvalue weighted by Gasteiger charge is 2.15. The van der Waals surface area contributed by atoms with E-state index in [1.54, 1.807) is 23.0 Å². The Balaban J connectivity index is 1.67. The van der Waals surface area contributed by atoms with Gasteiger partial charge in [-0.15, -0.1) is 0 Å². The quantitative estimate of drug-likeness (QED) is 0.692. The zero-order valence-electron chi connectivity index (χ0n) is 16.4. The third kappa shape index (κ3) is 4.22. The van der Waals surface area contributed by atoms with Gasteiger partial charge in [0.15, 0.2) is 5.76 Å². The first-order valence-corrected chi connectivity index (χ1v) is 8.97. The van der Waals surface area contributed by atoms with Crippen LogP contribution in [0, 0.1) is 13.8 Å². The lowest BCUT2D eigenvalue weighted by Gasteiger charge is -2.14. The summed E-state index contributed by atoms with van der Waals surface area (Å²) in [7, 11) is 1.82. The van der Waals surface area contributed by atoms with Gasteiger partial charge in [-0.2, -0.15) is 5.10 Å². The zero-order valence-corrected chi connectivity index (χ0v) is 16.4. The first kappa shape index (κ1) is 18.8. The number of carbonyl (C=O) groups excluding carboxylic acids is 1. The van der Waals surface area contributed by atoms with Crippen LogP contribution in [0.3, 0.4) is 0 Å². The summed E-state index contributed by atoms with van der Waals surface area (Å²) in [6.07, 6.45) is 1.62. The molecule has 142 valence electrons. The minimum absolute atomic E-state index is 0.241. The predicted octanol–water partition coefficient (Wildman–Crippen LogP) is 4.58. The van der Waals surface area contributed by atoms with Crippen molar-refractivity contribution in [1.29, 1.82) is 0 Å². The second kappa shape index (κ2) is 7.70. The molecule has 1 amide bonds. The molecule has 0 saturated carbocycles. The summed E-state index contributed by atoms with van der Waals surface area (Å²) in [6.45, 7) is 8.45. The van der Waals surface area contributed by atoms with Crippen molar-refractivity contribution in [1.82, 2.24) is 9.78 Å². The number of benzene rings is 1. The number of aromatic nitrogens is 2. The molecule has 0 saturated heterocycles. The first-order valence-electron chi connectivity index (χ1n) is 8.97. The van der Waals surface area contributed by atoms with Crippen LogP contribution in [0.25, 0.3) is 0 Å². The average molecular weight is 367 g/mol. The molecule has 2 aromatic heterocycles. The number of hydrogen-bond acceptors (Lipinski definition) is 4. The largest absolute Gasteiger partial charge is 0.485 e. The summed E-state index contributed by atoms with van der Waals surface area (Å²) in [4.78, 5) is 12.4. The van der Waals surface area contributed by atoms with E-state index in [0.717, 1.165) is 22.6 Å². The molecular formula is C21H25N3O3. The van der Waals surface area contributed by atoms with Crippen molar-refractivity contribution < 1.29 is 13.9 Å². The number of amides is 1. The predicted molar refractivity (Wildman–Crippen MR) is 104 cm³/mol. The number of nitrogens with one attached hydrogen (secondary N) is 1. The number of rotatable bonds is 6. The molecule has 2 heterocycles. The highest BCUT2D eigenvalue weighted by Crippen LogP contribution is 2.28. The van der Waals surface area contributed by atoms with Crippen LogP contribution < -0.4 is 10.1 Å². The van der Waals surface area contributed by atoms with E-state index >= 15 is 0 Å². The number of ether oxygens (including phenoxy) is 1. The van der Waals surface area contributed by atoms with Crippen molar-refractivity contribution in [2.75, 3.05) is 5.32 Å². The summed E-state index contributed by atoms with van der Waals surface area (Å²) in [5, 5.41) is 6.92. The van der Waals surface area contributed by atoms with Crippen molar-refractivity contribution in [3.8, 4) is 5.75 Å². The van der Waals surface area contributed by atoms with E-state index in [4.69, 9.17) is 9.15 Å². The Morgan fingerprint density at radius 3 is 2.70 bits per heavy atom. The number of furan rings is 1. The fourth-order valence-electron chi connectivity index (χ4n) is 2.78. The van der Waals surface area contributed by atoms with E-state index in [9.17, 15) is 4.79 Å². The second-order valence-electron chi connectivity index (χ2n) is 6.97. The lowest BCUT2D eigenvalue weighted by atomic mass is 10.0. The Bertz CT molecular complexity index is 953. The van der Waals surface area contributed by atoms with E-state index in [-0.39, 0.29) is 18.3 Å². The van der Waals surface area contributed by atoms with E-state index < -0.39 is 0 Å². The Kier molecular flexibility index (Phi) is 5.35. The molecule has 0 fully saturated rings. The summed E-state index contributed by atoms with van der Waals surface area (Å²) in [6, 6.07) is 9.61. The van der Waals surface area contributed by atoms with Gasteiger partial charge in [-0.25, -0.2) is 0 Å². The van der Waals surface area contributed by atoms with Gasteiger partial charge >= 0.3 is 0 Å². The lowest BCUT2D eigenvalue weighted by molar-refractivity contribution is 0.0992. The van der Waals surface area contributed by atoms with Crippen LogP contribution in [0.2, 0.25) is 0 Å². The molecule has 0 bridgehead atoms. The molecule has 0 aliphatic rings. The highest BCUT2D eigenvalue weighted by atomic mass is 16.5. The molecule has 3 aromatic rings. The van der Waals surface area contributed by atoms with Crippen LogP contribution in [-0.2, 0) is 13.7 Å². The molecule has 0 aliphatic heterocycles. The molecule has 0 atom stereocenters. The monoisotopic (exact) mass is 367 g/mol. The molecule has 0 aliphatic carbocycles. The van der Waals surface area contributed by atoms with Crippen LogP contribution in [0.15, 0.2) is 40.9 Å². The van der Waals surface area contributed by atoms with Crippen molar-refractivity contribution in [2.45, 2.75) is 40.2 Å². The highest BCUT2D eigenvalue weighted by molar-refractivity contribution is 6.02. The van der Waals surface area contributed by atoms with Gasteiger partial charge in [0, 0.05) is 7.05 Å². The topological polar surface area (TPSA) is 69.3 Å². The average Bonchev–Trinajstić information content (AvgIpc) is 3.22. The number of nitrogens with zero attached hydrogens (tertiary/aromatic N) is 2. The molecular weight excluding hydrogens is 342 g/mol. The molecule has 27 heavy (non-hydrogen) atoms. The molecule has 1 N–H and O–H groups in total. The van der Waals surface area contributed by atoms with Crippen LogP contribution in [0.1, 0.15) is 52.9 Å². The maximum Gasteiger partial charge on any atom is 0.291 e. The number of anilines is 1. The Labute approximate surface area is 159 Å². The molecule has 0 unspecified atom stereocenters. The van der Waals surface area contributed by atoms with Crippen molar-refractivity contribution in [3.63, 3.8) is 0 Å². The maximum absolute atomic E-state index is 12.4. The standard InChI is InChI=1S/C21H25N3O3/c1-13(2)17-8-6-14(3)10-20(17)26-12-16-7-9-19(27-16)21(25)23-18-11-22-24(5)15(18)4/h6-11,13H,12H2,1-5H3,(H,23,25). The third-order valence-electron chi connectivity index (χ3n) is 4.53. The summed E-state index contributed by atoms with van der Waals surface area (Å²) >= 11 is 0. The normalized spacial score (nSPS) is 11.0. The second-order valence-corrected chi connectivity index (χ2v) is 6.97. The molecule has 0 radical (unpaired) electrons. The molecule has 6 heteroatoms. The molecule has 3 rings (SSSR count). The van der Waals surface area contributed by atoms with Gasteiger partial charge in [0.2, 0.25) is 0 Å². The summed E-state index contributed by atoms with van der Waals surface area (Å²) in [5.74, 6) is 1.74. The Hall–Kier alpha value is -3.02. The minimum atomic E-state index is -0.309. The first-order chi connectivity index (χ1) is 12.8. The smallest absolute Gasteiger partial charge is 0.291 e. The number of aryl methyl sites for hydroxylation is 2. The lowest BCUT2D eigenvalue weighted by Crippen LogP contribution is -2.11. The van der Waals surface area contributed by atoms with Crippen LogP contribution in [-0.4, -0.2) is 15.7 Å². The molecule has 1 aromatic carbocycles. The van der Waals surface area contributed by atoms with Gasteiger partial charge in [0.25, 0.3) is 5.91 Å². The van der Waals surface area contributed by atoms with Gasteiger partial charge < -0.3 is 14.5 Å². The van der Waals surface area contributed by atoms with E-state index in [2.05, 4.69) is 36.4 Å².